The molecule has 2 aliphatic rings. The summed E-state index contributed by atoms with van der Waals surface area (Å²) in [7, 11) is 0. The predicted octanol–water partition coefficient (Wildman–Crippen LogP) is 6.72. The SMILES string of the molecule is Brc1ccc2c(c1)Sc1cc(Br)ccc1N2CCCN1CCCC1.Cl. The fraction of sp³-hybridized carbons (Fsp3) is 0.368. The maximum atomic E-state index is 3.61. The van der Waals surface area contributed by atoms with Gasteiger partial charge in [-0.1, -0.05) is 43.6 Å². The molecule has 2 aromatic carbocycles. The minimum atomic E-state index is 0. The molecule has 1 saturated heterocycles. The molecule has 134 valence electrons. The number of hydrogen-bond acceptors (Lipinski definition) is 3. The Hall–Kier alpha value is -0.200. The smallest absolute Gasteiger partial charge is 0.0553 e. The molecule has 4 rings (SSSR count). The first-order chi connectivity index (χ1) is 11.7. The Balaban J connectivity index is 0.00000182. The summed E-state index contributed by atoms with van der Waals surface area (Å²) in [5, 5.41) is 0. The number of benzene rings is 2. The normalized spacial score (nSPS) is 16.3. The van der Waals surface area contributed by atoms with E-state index in [2.05, 4.69) is 78.1 Å². The quantitative estimate of drug-likeness (QED) is 0.456. The standard InChI is InChI=1S/C19H20Br2N2S.ClH/c20-14-4-6-16-18(12-14)24-19-13-15(21)5-7-17(19)23(16)11-3-10-22-8-1-2-9-22;/h4-7,12-13H,1-3,8-11H2;1H. The second-order valence-electron chi connectivity index (χ2n) is 6.38. The van der Waals surface area contributed by atoms with E-state index in [0.29, 0.717) is 0 Å². The summed E-state index contributed by atoms with van der Waals surface area (Å²) in [6.07, 6.45) is 3.94. The van der Waals surface area contributed by atoms with E-state index >= 15 is 0 Å². The number of hydrogen-bond donors (Lipinski definition) is 0. The summed E-state index contributed by atoms with van der Waals surface area (Å²) >= 11 is 9.09. The predicted molar refractivity (Wildman–Crippen MR) is 117 cm³/mol. The molecule has 6 heteroatoms. The molecule has 2 aromatic rings. The molecule has 25 heavy (non-hydrogen) atoms. The zero-order valence-corrected chi connectivity index (χ0v) is 18.7. The Kier molecular flexibility index (Phi) is 6.77. The van der Waals surface area contributed by atoms with Gasteiger partial charge < -0.3 is 9.80 Å². The van der Waals surface area contributed by atoms with E-state index in [-0.39, 0.29) is 12.4 Å². The molecule has 0 aliphatic carbocycles. The van der Waals surface area contributed by atoms with Crippen molar-refractivity contribution in [1.82, 2.24) is 4.90 Å². The van der Waals surface area contributed by atoms with E-state index in [1.807, 2.05) is 11.8 Å². The number of likely N-dealkylation sites (tertiary alicyclic amines) is 1. The summed E-state index contributed by atoms with van der Waals surface area (Å²) in [4.78, 5) is 7.76. The Morgan fingerprint density at radius 1 is 0.840 bits per heavy atom. The van der Waals surface area contributed by atoms with Gasteiger partial charge in [0.1, 0.15) is 0 Å². The van der Waals surface area contributed by atoms with E-state index in [9.17, 15) is 0 Å². The van der Waals surface area contributed by atoms with Crippen molar-refractivity contribution in [1.29, 1.82) is 0 Å². The molecule has 0 atom stereocenters. The minimum Gasteiger partial charge on any atom is -0.340 e. The van der Waals surface area contributed by atoms with Crippen molar-refractivity contribution in [2.45, 2.75) is 29.1 Å². The molecule has 0 spiro atoms. The number of anilines is 2. The third-order valence-corrected chi connectivity index (χ3v) is 6.78. The van der Waals surface area contributed by atoms with Crippen LogP contribution < -0.4 is 4.90 Å². The molecular weight excluding hydrogens is 484 g/mol. The number of fused-ring (bicyclic) bond motifs is 2. The third kappa shape index (κ3) is 4.38. The lowest BCUT2D eigenvalue weighted by atomic mass is 10.2. The molecule has 0 aromatic heterocycles. The van der Waals surface area contributed by atoms with Gasteiger partial charge >= 0.3 is 0 Å². The van der Waals surface area contributed by atoms with E-state index in [1.54, 1.807) is 0 Å². The topological polar surface area (TPSA) is 6.48 Å². The number of nitrogens with zero attached hydrogens (tertiary/aromatic N) is 2. The van der Waals surface area contributed by atoms with Crippen LogP contribution in [0.3, 0.4) is 0 Å². The van der Waals surface area contributed by atoms with Gasteiger partial charge in [-0.3, -0.25) is 0 Å². The molecule has 0 bridgehead atoms. The second kappa shape index (κ2) is 8.66. The van der Waals surface area contributed by atoms with Crippen LogP contribution in [0.25, 0.3) is 0 Å². The zero-order valence-electron chi connectivity index (χ0n) is 13.9. The lowest BCUT2D eigenvalue weighted by Crippen LogP contribution is -2.27. The van der Waals surface area contributed by atoms with E-state index in [0.717, 1.165) is 15.5 Å². The van der Waals surface area contributed by atoms with Gasteiger partial charge in [0.25, 0.3) is 0 Å². The van der Waals surface area contributed by atoms with Crippen LogP contribution in [0.1, 0.15) is 19.3 Å². The fourth-order valence-corrected chi connectivity index (χ4v) is 5.73. The van der Waals surface area contributed by atoms with Crippen LogP contribution in [0.5, 0.6) is 0 Å². The average molecular weight is 505 g/mol. The second-order valence-corrected chi connectivity index (χ2v) is 9.30. The van der Waals surface area contributed by atoms with Gasteiger partial charge in [0, 0.05) is 25.3 Å². The highest BCUT2D eigenvalue weighted by molar-refractivity contribution is 9.10. The van der Waals surface area contributed by atoms with E-state index in [1.165, 1.54) is 60.1 Å². The van der Waals surface area contributed by atoms with Gasteiger partial charge in [0.05, 0.1) is 11.4 Å². The van der Waals surface area contributed by atoms with Crippen LogP contribution in [0.4, 0.5) is 11.4 Å². The Bertz CT molecular complexity index is 699. The highest BCUT2D eigenvalue weighted by atomic mass is 79.9. The molecular formula is C19H21Br2ClN2S. The first-order valence-corrected chi connectivity index (χ1v) is 10.9. The van der Waals surface area contributed by atoms with Gasteiger partial charge in [-0.25, -0.2) is 0 Å². The summed E-state index contributed by atoms with van der Waals surface area (Å²) in [5.41, 5.74) is 2.67. The van der Waals surface area contributed by atoms with Crippen molar-refractivity contribution < 1.29 is 0 Å². The Morgan fingerprint density at radius 2 is 1.40 bits per heavy atom. The number of halogens is 3. The molecule has 0 radical (unpaired) electrons. The van der Waals surface area contributed by atoms with Crippen LogP contribution >= 0.6 is 56.0 Å². The van der Waals surface area contributed by atoms with Crippen LogP contribution in [-0.4, -0.2) is 31.1 Å². The monoisotopic (exact) mass is 502 g/mol. The molecule has 0 N–H and O–H groups in total. The zero-order chi connectivity index (χ0) is 16.5. The fourth-order valence-electron chi connectivity index (χ4n) is 3.53. The van der Waals surface area contributed by atoms with Crippen LogP contribution in [-0.2, 0) is 0 Å². The minimum absolute atomic E-state index is 0. The molecule has 1 fully saturated rings. The van der Waals surface area contributed by atoms with Crippen molar-refractivity contribution in [3.63, 3.8) is 0 Å². The van der Waals surface area contributed by atoms with Crippen LogP contribution in [0.15, 0.2) is 55.1 Å². The lowest BCUT2D eigenvalue weighted by Gasteiger charge is -2.33. The van der Waals surface area contributed by atoms with Gasteiger partial charge in [-0.2, -0.15) is 0 Å². The van der Waals surface area contributed by atoms with E-state index < -0.39 is 0 Å². The first kappa shape index (κ1) is 19.6. The largest absolute Gasteiger partial charge is 0.340 e. The maximum absolute atomic E-state index is 3.61. The summed E-state index contributed by atoms with van der Waals surface area (Å²) in [6, 6.07) is 13.3. The molecule has 0 saturated carbocycles. The van der Waals surface area contributed by atoms with Gasteiger partial charge in [0.2, 0.25) is 0 Å². The summed E-state index contributed by atoms with van der Waals surface area (Å²) < 4.78 is 2.29. The van der Waals surface area contributed by atoms with Crippen molar-refractivity contribution >= 4 is 67.4 Å². The van der Waals surface area contributed by atoms with Crippen LogP contribution in [0, 0.1) is 0 Å². The Morgan fingerprint density at radius 3 is 1.96 bits per heavy atom. The van der Waals surface area contributed by atoms with Crippen molar-refractivity contribution in [2.24, 2.45) is 0 Å². The summed E-state index contributed by atoms with van der Waals surface area (Å²) in [6.45, 7) is 4.84. The first-order valence-electron chi connectivity index (χ1n) is 8.47. The highest BCUT2D eigenvalue weighted by Crippen LogP contribution is 2.49. The highest BCUT2D eigenvalue weighted by Gasteiger charge is 2.24. The van der Waals surface area contributed by atoms with E-state index in [4.69, 9.17) is 0 Å². The molecule has 2 nitrogen and oxygen atoms in total. The third-order valence-electron chi connectivity index (χ3n) is 4.70. The molecule has 0 amide bonds. The molecule has 2 aliphatic heterocycles. The molecule has 2 heterocycles. The lowest BCUT2D eigenvalue weighted by molar-refractivity contribution is 0.335. The maximum Gasteiger partial charge on any atom is 0.0553 e. The summed E-state index contributed by atoms with van der Waals surface area (Å²) in [5.74, 6) is 0. The van der Waals surface area contributed by atoms with Gasteiger partial charge in [-0.05, 0) is 75.3 Å². The number of rotatable bonds is 4. The van der Waals surface area contributed by atoms with Crippen molar-refractivity contribution in [3.05, 3.63) is 45.3 Å². The Labute approximate surface area is 177 Å². The average Bonchev–Trinajstić information content (AvgIpc) is 3.07. The van der Waals surface area contributed by atoms with Gasteiger partial charge in [0.15, 0.2) is 0 Å². The van der Waals surface area contributed by atoms with Crippen LogP contribution in [0.2, 0.25) is 0 Å². The van der Waals surface area contributed by atoms with Crippen molar-refractivity contribution in [3.8, 4) is 0 Å². The van der Waals surface area contributed by atoms with Crippen molar-refractivity contribution in [2.75, 3.05) is 31.1 Å². The molecule has 0 unspecified atom stereocenters. The van der Waals surface area contributed by atoms with Gasteiger partial charge in [-0.15, -0.1) is 12.4 Å².